The number of nitrogens with zero attached hydrogens (tertiary/aromatic N) is 3. The molecule has 158 valence electrons. The molecule has 0 aliphatic carbocycles. The highest BCUT2D eigenvalue weighted by molar-refractivity contribution is 6.04. The molecule has 3 heterocycles. The third kappa shape index (κ3) is 5.23. The Morgan fingerprint density at radius 1 is 0.968 bits per heavy atom. The largest absolute Gasteiger partial charge is 0.378 e. The summed E-state index contributed by atoms with van der Waals surface area (Å²) in [7, 11) is 0. The van der Waals surface area contributed by atoms with Crippen LogP contribution >= 0.6 is 0 Å². The lowest BCUT2D eigenvalue weighted by molar-refractivity contribution is 0.0948. The molecule has 8 nitrogen and oxygen atoms in total. The van der Waals surface area contributed by atoms with Crippen LogP contribution in [0.5, 0.6) is 0 Å². The fourth-order valence-corrected chi connectivity index (χ4v) is 3.34. The van der Waals surface area contributed by atoms with E-state index in [2.05, 4.69) is 25.5 Å². The van der Waals surface area contributed by atoms with Crippen LogP contribution in [-0.2, 0) is 11.3 Å². The van der Waals surface area contributed by atoms with Crippen LogP contribution in [0, 0.1) is 0 Å². The molecule has 1 aromatic carbocycles. The van der Waals surface area contributed by atoms with Gasteiger partial charge in [-0.25, -0.2) is 4.98 Å². The third-order valence-corrected chi connectivity index (χ3v) is 4.92. The van der Waals surface area contributed by atoms with Crippen molar-refractivity contribution in [1.82, 2.24) is 15.3 Å². The summed E-state index contributed by atoms with van der Waals surface area (Å²) in [5.74, 6) is 0.261. The minimum Gasteiger partial charge on any atom is -0.378 e. The summed E-state index contributed by atoms with van der Waals surface area (Å²) < 4.78 is 5.39. The summed E-state index contributed by atoms with van der Waals surface area (Å²) in [6, 6.07) is 14.2. The van der Waals surface area contributed by atoms with Gasteiger partial charge in [-0.2, -0.15) is 0 Å². The average Bonchev–Trinajstić information content (AvgIpc) is 2.84. The van der Waals surface area contributed by atoms with Crippen LogP contribution in [0.1, 0.15) is 26.3 Å². The van der Waals surface area contributed by atoms with Gasteiger partial charge < -0.3 is 20.3 Å². The van der Waals surface area contributed by atoms with Crippen LogP contribution in [-0.4, -0.2) is 48.1 Å². The van der Waals surface area contributed by atoms with Crippen LogP contribution in [0.3, 0.4) is 0 Å². The molecule has 2 N–H and O–H groups in total. The van der Waals surface area contributed by atoms with Crippen molar-refractivity contribution in [3.05, 3.63) is 83.8 Å². The van der Waals surface area contributed by atoms with Crippen LogP contribution in [0.25, 0.3) is 0 Å². The van der Waals surface area contributed by atoms with Crippen molar-refractivity contribution in [3.63, 3.8) is 0 Å². The van der Waals surface area contributed by atoms with Crippen molar-refractivity contribution in [2.75, 3.05) is 36.5 Å². The molecule has 0 unspecified atom stereocenters. The standard InChI is InChI=1S/C23H23N5O3/c29-22(18-6-9-24-10-7-18)27-19-4-1-3-17(15-19)16-26-23(30)20-5-2-8-25-21(20)28-11-13-31-14-12-28/h1-10,15H,11-14,16H2,(H,26,30)(H,27,29). The number of rotatable bonds is 6. The molecule has 0 atom stereocenters. The molecule has 2 aromatic heterocycles. The number of hydrogen-bond acceptors (Lipinski definition) is 6. The highest BCUT2D eigenvalue weighted by Gasteiger charge is 2.19. The zero-order valence-electron chi connectivity index (χ0n) is 17.0. The van der Waals surface area contributed by atoms with E-state index in [-0.39, 0.29) is 11.8 Å². The zero-order chi connectivity index (χ0) is 21.5. The maximum atomic E-state index is 12.8. The summed E-state index contributed by atoms with van der Waals surface area (Å²) in [5, 5.41) is 5.81. The molecule has 1 aliphatic heterocycles. The Hall–Kier alpha value is -3.78. The Kier molecular flexibility index (Phi) is 6.49. The monoisotopic (exact) mass is 417 g/mol. The van der Waals surface area contributed by atoms with Gasteiger partial charge in [0.2, 0.25) is 0 Å². The smallest absolute Gasteiger partial charge is 0.255 e. The van der Waals surface area contributed by atoms with Crippen LogP contribution < -0.4 is 15.5 Å². The van der Waals surface area contributed by atoms with E-state index >= 15 is 0 Å². The van der Waals surface area contributed by atoms with Gasteiger partial charge in [0, 0.05) is 49.5 Å². The normalized spacial score (nSPS) is 13.5. The number of anilines is 2. The Morgan fingerprint density at radius 2 is 1.77 bits per heavy atom. The number of carbonyl (C=O) groups excluding carboxylic acids is 2. The Bertz CT molecular complexity index is 1050. The second-order valence-electron chi connectivity index (χ2n) is 7.05. The first kappa shape index (κ1) is 20.5. The predicted molar refractivity (Wildman–Crippen MR) is 117 cm³/mol. The van der Waals surface area contributed by atoms with Gasteiger partial charge in [-0.05, 0) is 42.0 Å². The molecule has 0 spiro atoms. The molecule has 31 heavy (non-hydrogen) atoms. The van der Waals surface area contributed by atoms with E-state index in [9.17, 15) is 9.59 Å². The van der Waals surface area contributed by atoms with E-state index in [0.717, 1.165) is 5.56 Å². The molecule has 4 rings (SSSR count). The van der Waals surface area contributed by atoms with Crippen LogP contribution in [0.2, 0.25) is 0 Å². The molecule has 1 saturated heterocycles. The quantitative estimate of drug-likeness (QED) is 0.640. The summed E-state index contributed by atoms with van der Waals surface area (Å²) in [6.07, 6.45) is 4.84. The average molecular weight is 417 g/mol. The number of nitrogens with one attached hydrogen (secondary N) is 2. The van der Waals surface area contributed by atoms with Crippen molar-refractivity contribution in [2.24, 2.45) is 0 Å². The third-order valence-electron chi connectivity index (χ3n) is 4.92. The minimum absolute atomic E-state index is 0.194. The minimum atomic E-state index is -0.214. The van der Waals surface area contributed by atoms with Crippen LogP contribution in [0.4, 0.5) is 11.5 Å². The number of benzene rings is 1. The van der Waals surface area contributed by atoms with Crippen molar-refractivity contribution >= 4 is 23.3 Å². The molecular weight excluding hydrogens is 394 g/mol. The summed E-state index contributed by atoms with van der Waals surface area (Å²) in [5.41, 5.74) is 2.59. The van der Waals surface area contributed by atoms with Gasteiger partial charge in [-0.1, -0.05) is 12.1 Å². The highest BCUT2D eigenvalue weighted by atomic mass is 16.5. The lowest BCUT2D eigenvalue weighted by atomic mass is 10.1. The van der Waals surface area contributed by atoms with E-state index < -0.39 is 0 Å². The van der Waals surface area contributed by atoms with Crippen molar-refractivity contribution in [1.29, 1.82) is 0 Å². The first-order valence-electron chi connectivity index (χ1n) is 10.1. The van der Waals surface area contributed by atoms with E-state index in [1.807, 2.05) is 24.3 Å². The maximum Gasteiger partial charge on any atom is 0.255 e. The number of carbonyl (C=O) groups is 2. The van der Waals surface area contributed by atoms with Gasteiger partial charge in [0.25, 0.3) is 11.8 Å². The highest BCUT2D eigenvalue weighted by Crippen LogP contribution is 2.19. The molecule has 1 aliphatic rings. The Morgan fingerprint density at radius 3 is 2.58 bits per heavy atom. The first-order valence-corrected chi connectivity index (χ1v) is 10.1. The van der Waals surface area contributed by atoms with E-state index in [4.69, 9.17) is 4.74 Å². The zero-order valence-corrected chi connectivity index (χ0v) is 17.0. The van der Waals surface area contributed by atoms with Gasteiger partial charge in [-0.3, -0.25) is 14.6 Å². The lowest BCUT2D eigenvalue weighted by Crippen LogP contribution is -2.38. The number of aromatic nitrogens is 2. The second kappa shape index (κ2) is 9.82. The summed E-state index contributed by atoms with van der Waals surface area (Å²) >= 11 is 0. The molecule has 2 amide bonds. The Labute approximate surface area is 180 Å². The van der Waals surface area contributed by atoms with E-state index in [0.29, 0.717) is 55.5 Å². The maximum absolute atomic E-state index is 12.8. The summed E-state index contributed by atoms with van der Waals surface area (Å²) in [6.45, 7) is 2.98. The van der Waals surface area contributed by atoms with Gasteiger partial charge in [0.1, 0.15) is 5.82 Å². The van der Waals surface area contributed by atoms with Gasteiger partial charge in [0.15, 0.2) is 0 Å². The second-order valence-corrected chi connectivity index (χ2v) is 7.05. The molecule has 1 fully saturated rings. The predicted octanol–water partition coefficient (Wildman–Crippen LogP) is 2.50. The molecule has 8 heteroatoms. The number of ether oxygens (including phenoxy) is 1. The number of hydrogen-bond donors (Lipinski definition) is 2. The van der Waals surface area contributed by atoms with Gasteiger partial charge in [0.05, 0.1) is 18.8 Å². The topological polar surface area (TPSA) is 96.5 Å². The van der Waals surface area contributed by atoms with Crippen molar-refractivity contribution in [2.45, 2.75) is 6.54 Å². The molecule has 0 radical (unpaired) electrons. The molecular formula is C23H23N5O3. The van der Waals surface area contributed by atoms with E-state index in [1.54, 1.807) is 42.9 Å². The molecule has 3 aromatic rings. The Balaban J connectivity index is 1.40. The molecule has 0 bridgehead atoms. The number of amides is 2. The van der Waals surface area contributed by atoms with Crippen LogP contribution in [0.15, 0.2) is 67.1 Å². The summed E-state index contributed by atoms with van der Waals surface area (Å²) in [4.78, 5) is 35.6. The van der Waals surface area contributed by atoms with Gasteiger partial charge >= 0.3 is 0 Å². The number of pyridine rings is 2. The van der Waals surface area contributed by atoms with Crippen molar-refractivity contribution in [3.8, 4) is 0 Å². The number of morpholine rings is 1. The fraction of sp³-hybridized carbons (Fsp3) is 0.217. The lowest BCUT2D eigenvalue weighted by Gasteiger charge is -2.29. The van der Waals surface area contributed by atoms with Gasteiger partial charge in [-0.15, -0.1) is 0 Å². The van der Waals surface area contributed by atoms with E-state index in [1.165, 1.54) is 0 Å². The fourth-order valence-electron chi connectivity index (χ4n) is 3.34. The van der Waals surface area contributed by atoms with Crippen molar-refractivity contribution < 1.29 is 14.3 Å². The first-order chi connectivity index (χ1) is 15.2. The SMILES string of the molecule is O=C(Nc1cccc(CNC(=O)c2cccnc2N2CCOCC2)c1)c1ccncc1. The molecule has 0 saturated carbocycles.